The number of methoxy groups -OCH3 is 1. The minimum atomic E-state index is -3.97. The van der Waals surface area contributed by atoms with Gasteiger partial charge in [-0.3, -0.25) is 20.4 Å². The Balaban J connectivity index is 2.05. The Morgan fingerprint density at radius 1 is 0.879 bits per heavy atom. The van der Waals surface area contributed by atoms with Crippen molar-refractivity contribution in [1.82, 2.24) is 15.6 Å². The summed E-state index contributed by atoms with van der Waals surface area (Å²) in [4.78, 5) is 25.1. The maximum atomic E-state index is 12.8. The molecule has 3 N–H and O–H groups in total. The number of hydrazine groups is 1. The van der Waals surface area contributed by atoms with Crippen LogP contribution < -0.4 is 25.0 Å². The molecule has 0 saturated heterocycles. The van der Waals surface area contributed by atoms with Crippen LogP contribution in [0.15, 0.2) is 53.4 Å². The van der Waals surface area contributed by atoms with Gasteiger partial charge in [0.25, 0.3) is 11.8 Å². The highest BCUT2D eigenvalue weighted by molar-refractivity contribution is 7.89. The average Bonchev–Trinajstić information content (AvgIpc) is 2.76. The monoisotopic (exact) mass is 477 g/mol. The lowest BCUT2D eigenvalue weighted by atomic mass is 10.0. The molecule has 0 radical (unpaired) electrons. The van der Waals surface area contributed by atoms with Gasteiger partial charge >= 0.3 is 0 Å². The van der Waals surface area contributed by atoms with Gasteiger partial charge in [0.1, 0.15) is 17.5 Å². The van der Waals surface area contributed by atoms with Gasteiger partial charge in [0.15, 0.2) is 0 Å². The summed E-state index contributed by atoms with van der Waals surface area (Å²) in [5, 5.41) is 0. The van der Waals surface area contributed by atoms with Gasteiger partial charge in [0, 0.05) is 5.56 Å². The lowest BCUT2D eigenvalue weighted by Crippen LogP contribution is -2.52. The fourth-order valence-corrected chi connectivity index (χ4v) is 4.13. The van der Waals surface area contributed by atoms with Crippen LogP contribution in [-0.2, 0) is 14.8 Å². The minimum Gasteiger partial charge on any atom is -0.497 e. The van der Waals surface area contributed by atoms with Crippen molar-refractivity contribution in [2.45, 2.75) is 51.2 Å². The number of amides is 2. The zero-order valence-electron chi connectivity index (χ0n) is 19.4. The Morgan fingerprint density at radius 2 is 1.45 bits per heavy atom. The van der Waals surface area contributed by atoms with Crippen LogP contribution in [-0.4, -0.2) is 39.5 Å². The molecule has 0 heterocycles. The normalized spacial score (nSPS) is 12.3. The number of carbonyl (C=O) groups excluding carboxylic acids is 2. The van der Waals surface area contributed by atoms with Gasteiger partial charge in [-0.25, -0.2) is 8.42 Å². The number of ether oxygens (including phenoxy) is 2. The molecule has 2 aromatic rings. The fourth-order valence-electron chi connectivity index (χ4n) is 2.92. The zero-order chi connectivity index (χ0) is 24.6. The van der Waals surface area contributed by atoms with Crippen LogP contribution in [0.3, 0.4) is 0 Å². The highest BCUT2D eigenvalue weighted by Gasteiger charge is 2.27. The van der Waals surface area contributed by atoms with Crippen LogP contribution >= 0.6 is 0 Å². The predicted octanol–water partition coefficient (Wildman–Crippen LogP) is 2.64. The highest BCUT2D eigenvalue weighted by Crippen LogP contribution is 2.17. The summed E-state index contributed by atoms with van der Waals surface area (Å²) < 4.78 is 38.5. The SMILES string of the molecule is COc1ccc(S(=O)(=O)NC(CC(C)C)C(=O)NNC(=O)c2ccc(OC(C)C)cc2)cc1. The van der Waals surface area contributed by atoms with E-state index in [0.717, 1.165) is 0 Å². The van der Waals surface area contributed by atoms with Crippen molar-refractivity contribution in [2.24, 2.45) is 5.92 Å². The predicted molar refractivity (Wildman–Crippen MR) is 124 cm³/mol. The Labute approximate surface area is 194 Å². The Hall–Kier alpha value is -3.11. The van der Waals surface area contributed by atoms with Crippen LogP contribution in [0.5, 0.6) is 11.5 Å². The van der Waals surface area contributed by atoms with Gasteiger partial charge in [-0.15, -0.1) is 0 Å². The first-order valence-corrected chi connectivity index (χ1v) is 12.0. The first kappa shape index (κ1) is 26.1. The summed E-state index contributed by atoms with van der Waals surface area (Å²) >= 11 is 0. The summed E-state index contributed by atoms with van der Waals surface area (Å²) in [6.07, 6.45) is 0.238. The summed E-state index contributed by atoms with van der Waals surface area (Å²) in [5.41, 5.74) is 4.94. The molecule has 1 unspecified atom stereocenters. The highest BCUT2D eigenvalue weighted by atomic mass is 32.2. The second-order valence-electron chi connectivity index (χ2n) is 8.11. The molecule has 2 rings (SSSR count). The molecule has 0 aromatic heterocycles. The summed E-state index contributed by atoms with van der Waals surface area (Å²) in [7, 11) is -2.49. The molecule has 0 spiro atoms. The first-order chi connectivity index (χ1) is 15.5. The fraction of sp³-hybridized carbons (Fsp3) is 0.391. The van der Waals surface area contributed by atoms with Crippen molar-refractivity contribution < 1.29 is 27.5 Å². The molecule has 2 amide bonds. The molecule has 0 aliphatic carbocycles. The van der Waals surface area contributed by atoms with Crippen molar-refractivity contribution >= 4 is 21.8 Å². The Kier molecular flexibility index (Phi) is 9.24. The maximum Gasteiger partial charge on any atom is 0.269 e. The molecule has 0 aliphatic rings. The summed E-state index contributed by atoms with van der Waals surface area (Å²) in [6, 6.07) is 11.2. The van der Waals surface area contributed by atoms with E-state index in [1.54, 1.807) is 24.3 Å². The van der Waals surface area contributed by atoms with E-state index in [2.05, 4.69) is 15.6 Å². The van der Waals surface area contributed by atoms with Crippen LogP contribution in [0.2, 0.25) is 0 Å². The van der Waals surface area contributed by atoms with Crippen molar-refractivity contribution in [3.8, 4) is 11.5 Å². The van der Waals surface area contributed by atoms with E-state index in [9.17, 15) is 18.0 Å². The number of nitrogens with one attached hydrogen (secondary N) is 3. The van der Waals surface area contributed by atoms with Crippen LogP contribution in [0, 0.1) is 5.92 Å². The molecule has 0 bridgehead atoms. The van der Waals surface area contributed by atoms with E-state index in [1.807, 2.05) is 27.7 Å². The quantitative estimate of drug-likeness (QED) is 0.452. The number of sulfonamides is 1. The lowest BCUT2D eigenvalue weighted by molar-refractivity contribution is -0.123. The smallest absolute Gasteiger partial charge is 0.269 e. The molecule has 1 atom stereocenters. The van der Waals surface area contributed by atoms with Gasteiger partial charge < -0.3 is 9.47 Å². The number of rotatable bonds is 10. The third kappa shape index (κ3) is 8.07. The van der Waals surface area contributed by atoms with Crippen molar-refractivity contribution in [3.05, 3.63) is 54.1 Å². The molecule has 10 heteroatoms. The van der Waals surface area contributed by atoms with Gasteiger partial charge in [0.05, 0.1) is 18.1 Å². The minimum absolute atomic E-state index is 0.00222. The molecule has 180 valence electrons. The van der Waals surface area contributed by atoms with Crippen LogP contribution in [0.1, 0.15) is 44.5 Å². The molecule has 0 saturated carbocycles. The Bertz CT molecular complexity index is 1030. The van der Waals surface area contributed by atoms with Crippen LogP contribution in [0.25, 0.3) is 0 Å². The van der Waals surface area contributed by atoms with Crippen LogP contribution in [0.4, 0.5) is 0 Å². The molecule has 9 nitrogen and oxygen atoms in total. The second-order valence-corrected chi connectivity index (χ2v) is 9.83. The largest absolute Gasteiger partial charge is 0.497 e. The maximum absolute atomic E-state index is 12.8. The summed E-state index contributed by atoms with van der Waals surface area (Å²) in [5.74, 6) is -0.0642. The summed E-state index contributed by atoms with van der Waals surface area (Å²) in [6.45, 7) is 7.52. The molecule has 0 fully saturated rings. The van der Waals surface area contributed by atoms with E-state index < -0.39 is 27.9 Å². The third-order valence-electron chi connectivity index (χ3n) is 4.48. The third-order valence-corrected chi connectivity index (χ3v) is 5.97. The number of benzene rings is 2. The van der Waals surface area contributed by atoms with Crippen molar-refractivity contribution in [3.63, 3.8) is 0 Å². The van der Waals surface area contributed by atoms with E-state index >= 15 is 0 Å². The van der Waals surface area contributed by atoms with E-state index in [-0.39, 0.29) is 23.3 Å². The first-order valence-electron chi connectivity index (χ1n) is 10.5. The number of carbonyl (C=O) groups is 2. The topological polar surface area (TPSA) is 123 Å². The Morgan fingerprint density at radius 3 is 1.97 bits per heavy atom. The van der Waals surface area contributed by atoms with Gasteiger partial charge in [-0.1, -0.05) is 13.8 Å². The van der Waals surface area contributed by atoms with Gasteiger partial charge in [-0.05, 0) is 74.7 Å². The van der Waals surface area contributed by atoms with Crippen molar-refractivity contribution in [2.75, 3.05) is 7.11 Å². The molecule has 0 aliphatic heterocycles. The standard InChI is InChI=1S/C23H31N3O6S/c1-15(2)14-21(26-33(29,30)20-12-10-18(31-5)11-13-20)23(28)25-24-22(27)17-6-8-19(9-7-17)32-16(3)4/h6-13,15-16,21,26H,14H2,1-5H3,(H,24,27)(H,25,28). The number of hydrogen-bond donors (Lipinski definition) is 3. The van der Waals surface area contributed by atoms with E-state index in [4.69, 9.17) is 9.47 Å². The number of hydrogen-bond acceptors (Lipinski definition) is 6. The molecule has 2 aromatic carbocycles. The average molecular weight is 478 g/mol. The molecular formula is C23H31N3O6S. The van der Waals surface area contributed by atoms with E-state index in [1.165, 1.54) is 31.4 Å². The van der Waals surface area contributed by atoms with Gasteiger partial charge in [0.2, 0.25) is 10.0 Å². The lowest BCUT2D eigenvalue weighted by Gasteiger charge is -2.20. The second kappa shape index (κ2) is 11.7. The molecular weight excluding hydrogens is 446 g/mol. The molecule has 33 heavy (non-hydrogen) atoms. The zero-order valence-corrected chi connectivity index (χ0v) is 20.2. The van der Waals surface area contributed by atoms with Gasteiger partial charge in [-0.2, -0.15) is 4.72 Å². The van der Waals surface area contributed by atoms with E-state index in [0.29, 0.717) is 17.1 Å². The van der Waals surface area contributed by atoms with Crippen molar-refractivity contribution in [1.29, 1.82) is 0 Å².